The first-order chi connectivity index (χ1) is 4.47. The van der Waals surface area contributed by atoms with Gasteiger partial charge in [0.1, 0.15) is 6.20 Å². The second-order valence-corrected chi connectivity index (χ2v) is 1.57. The summed E-state index contributed by atoms with van der Waals surface area (Å²) in [6, 6.07) is 0. The minimum Gasteiger partial charge on any atom is -0.236 e. The number of aromatic amines is 1. The maximum atomic E-state index is 3.83. The lowest BCUT2D eigenvalue weighted by atomic mass is 10.6. The Kier molecular flexibility index (Phi) is 0.717. The van der Waals surface area contributed by atoms with E-state index in [1.165, 1.54) is 6.34 Å². The zero-order valence-corrected chi connectivity index (χ0v) is 4.44. The summed E-state index contributed by atoms with van der Waals surface area (Å²) in [5.74, 6) is 0. The van der Waals surface area contributed by atoms with Crippen molar-refractivity contribution in [3.8, 4) is 0 Å². The Morgan fingerprint density at radius 3 is 3.44 bits per heavy atom. The van der Waals surface area contributed by atoms with E-state index < -0.39 is 0 Å². The van der Waals surface area contributed by atoms with E-state index in [4.69, 9.17) is 0 Å². The molecule has 2 rings (SSSR count). The van der Waals surface area contributed by atoms with Gasteiger partial charge in [0.15, 0.2) is 5.35 Å². The van der Waals surface area contributed by atoms with Crippen LogP contribution in [0.4, 0.5) is 0 Å². The number of aliphatic imine (C=N–C) groups is 1. The summed E-state index contributed by atoms with van der Waals surface area (Å²) in [6.07, 6.45) is 3.06. The average Bonchev–Trinajstić information content (AvgIpc) is 2.33. The number of nitrogens with one attached hydrogen (secondary N) is 1. The van der Waals surface area contributed by atoms with E-state index in [9.17, 15) is 0 Å². The summed E-state index contributed by atoms with van der Waals surface area (Å²) >= 11 is 0. The standard InChI is InChI=1S/C4H3N5/c1-3-4(6-2-5-1)8-9-7-3/h1-2H,(H,7,8,9)/q+1. The van der Waals surface area contributed by atoms with Crippen molar-refractivity contribution in [1.82, 2.24) is 20.4 Å². The van der Waals surface area contributed by atoms with Gasteiger partial charge < -0.3 is 0 Å². The maximum Gasteiger partial charge on any atom is 0.352 e. The predicted octanol–water partition coefficient (Wildman–Crippen LogP) is -2.46. The van der Waals surface area contributed by atoms with Crippen molar-refractivity contribution < 1.29 is 0 Å². The largest absolute Gasteiger partial charge is 0.352 e. The van der Waals surface area contributed by atoms with Gasteiger partial charge in [-0.15, -0.1) is 4.99 Å². The molecule has 1 aliphatic rings. The Morgan fingerprint density at radius 1 is 1.56 bits per heavy atom. The van der Waals surface area contributed by atoms with Crippen LogP contribution in [-0.2, 0) is 0 Å². The van der Waals surface area contributed by atoms with E-state index in [0.29, 0.717) is 5.49 Å². The molecule has 0 aliphatic carbocycles. The Hall–Kier alpha value is -1.52. The SMILES string of the molecule is C1=NC=c2[nH]nnc2=[N+]1. The number of hydrogen-bond donors (Lipinski definition) is 1. The van der Waals surface area contributed by atoms with E-state index >= 15 is 0 Å². The highest BCUT2D eigenvalue weighted by molar-refractivity contribution is 5.58. The van der Waals surface area contributed by atoms with E-state index in [2.05, 4.69) is 25.4 Å². The maximum absolute atomic E-state index is 3.83. The molecule has 5 heteroatoms. The number of rotatable bonds is 0. The second-order valence-electron chi connectivity index (χ2n) is 1.57. The zero-order chi connectivity index (χ0) is 6.10. The van der Waals surface area contributed by atoms with Gasteiger partial charge >= 0.3 is 5.49 Å². The van der Waals surface area contributed by atoms with Gasteiger partial charge in [-0.25, -0.2) is 5.10 Å². The van der Waals surface area contributed by atoms with Crippen molar-refractivity contribution in [1.29, 1.82) is 0 Å². The van der Waals surface area contributed by atoms with Crippen LogP contribution in [0, 0.1) is 0 Å². The summed E-state index contributed by atoms with van der Waals surface area (Å²) in [4.78, 5) is 7.59. The lowest BCUT2D eigenvalue weighted by Gasteiger charge is -1.67. The van der Waals surface area contributed by atoms with Gasteiger partial charge in [-0.05, 0) is 0 Å². The summed E-state index contributed by atoms with van der Waals surface area (Å²) < 4.78 is 0. The van der Waals surface area contributed by atoms with Crippen LogP contribution in [0.15, 0.2) is 4.99 Å². The Balaban J connectivity index is 2.99. The molecule has 1 N–H and O–H groups in total. The summed E-state index contributed by atoms with van der Waals surface area (Å²) in [7, 11) is 0. The Morgan fingerprint density at radius 2 is 2.56 bits per heavy atom. The fourth-order valence-electron chi connectivity index (χ4n) is 0.608. The number of H-pyrrole nitrogens is 1. The highest BCUT2D eigenvalue weighted by Gasteiger charge is 2.00. The lowest BCUT2D eigenvalue weighted by molar-refractivity contribution is 0.915. The lowest BCUT2D eigenvalue weighted by Crippen LogP contribution is -2.31. The van der Waals surface area contributed by atoms with Gasteiger partial charge in [-0.2, -0.15) is 0 Å². The molecule has 1 aliphatic heterocycles. The molecule has 5 nitrogen and oxygen atoms in total. The van der Waals surface area contributed by atoms with Gasteiger partial charge in [0, 0.05) is 10.3 Å². The zero-order valence-electron chi connectivity index (χ0n) is 4.44. The van der Waals surface area contributed by atoms with Crippen LogP contribution in [0.2, 0.25) is 0 Å². The molecule has 2 heterocycles. The molecule has 0 saturated heterocycles. The third-order valence-electron chi connectivity index (χ3n) is 1.01. The number of aromatic nitrogens is 3. The molecular formula is C4H3N5+. The second kappa shape index (κ2) is 1.48. The molecule has 1 aromatic heterocycles. The summed E-state index contributed by atoms with van der Waals surface area (Å²) in [5.41, 5.74) is 0.602. The fraction of sp³-hybridized carbons (Fsp3) is 0. The van der Waals surface area contributed by atoms with E-state index in [1.54, 1.807) is 6.20 Å². The van der Waals surface area contributed by atoms with E-state index in [-0.39, 0.29) is 0 Å². The molecule has 0 amide bonds. The highest BCUT2D eigenvalue weighted by Crippen LogP contribution is 1.62. The molecule has 0 fully saturated rings. The number of nitrogens with zero attached hydrogens (tertiary/aromatic N) is 4. The van der Waals surface area contributed by atoms with Crippen molar-refractivity contribution in [2.24, 2.45) is 4.99 Å². The third kappa shape index (κ3) is 0.543. The summed E-state index contributed by atoms with van der Waals surface area (Å²) in [5, 5.41) is 10.6. The first-order valence-corrected chi connectivity index (χ1v) is 2.43. The van der Waals surface area contributed by atoms with Crippen LogP contribution in [0.25, 0.3) is 6.20 Å². The van der Waals surface area contributed by atoms with Crippen LogP contribution >= 0.6 is 0 Å². The Labute approximate surface area is 49.8 Å². The molecule has 0 saturated carbocycles. The van der Waals surface area contributed by atoms with Crippen LogP contribution in [0.5, 0.6) is 0 Å². The van der Waals surface area contributed by atoms with Crippen molar-refractivity contribution in [2.75, 3.05) is 0 Å². The van der Waals surface area contributed by atoms with Crippen LogP contribution in [0.3, 0.4) is 0 Å². The van der Waals surface area contributed by atoms with Crippen molar-refractivity contribution in [3.05, 3.63) is 10.8 Å². The van der Waals surface area contributed by atoms with Crippen molar-refractivity contribution in [3.63, 3.8) is 0 Å². The van der Waals surface area contributed by atoms with Gasteiger partial charge in [0.25, 0.3) is 6.34 Å². The normalized spacial score (nSPS) is 13.8. The number of hydrogen-bond acceptors (Lipinski definition) is 4. The first-order valence-electron chi connectivity index (χ1n) is 2.43. The predicted molar refractivity (Wildman–Crippen MR) is 29.8 cm³/mol. The smallest absolute Gasteiger partial charge is 0.236 e. The van der Waals surface area contributed by atoms with Crippen LogP contribution in [-0.4, -0.2) is 21.7 Å². The molecule has 43 valence electrons. The molecule has 1 aromatic rings. The topological polar surface area (TPSA) is 68.0 Å². The van der Waals surface area contributed by atoms with Gasteiger partial charge in [-0.3, -0.25) is 0 Å². The molecule has 0 atom stereocenters. The first kappa shape index (κ1) is 4.37. The third-order valence-corrected chi connectivity index (χ3v) is 1.01. The van der Waals surface area contributed by atoms with Gasteiger partial charge in [0.05, 0.1) is 0 Å². The molecule has 0 bridgehead atoms. The van der Waals surface area contributed by atoms with Crippen LogP contribution < -0.4 is 15.8 Å². The quantitative estimate of drug-likeness (QED) is 0.413. The molecule has 0 spiro atoms. The van der Waals surface area contributed by atoms with Crippen molar-refractivity contribution in [2.45, 2.75) is 0 Å². The Bertz CT molecular complexity index is 313. The van der Waals surface area contributed by atoms with Gasteiger partial charge in [0.2, 0.25) is 0 Å². The van der Waals surface area contributed by atoms with Gasteiger partial charge in [-0.1, -0.05) is 4.99 Å². The minimum atomic E-state index is 0.602. The van der Waals surface area contributed by atoms with E-state index in [1.807, 2.05) is 0 Å². The molecular weight excluding hydrogens is 118 g/mol. The summed E-state index contributed by atoms with van der Waals surface area (Å²) in [6.45, 7) is 0. The average molecular weight is 121 g/mol. The van der Waals surface area contributed by atoms with Crippen LogP contribution in [0.1, 0.15) is 0 Å². The molecule has 0 unspecified atom stereocenters. The van der Waals surface area contributed by atoms with Crippen molar-refractivity contribution >= 4 is 12.5 Å². The molecule has 9 heavy (non-hydrogen) atoms. The highest BCUT2D eigenvalue weighted by atomic mass is 15.3. The molecule has 0 aromatic carbocycles. The number of fused-ring (bicyclic) bond motifs is 1. The van der Waals surface area contributed by atoms with E-state index in [0.717, 1.165) is 5.35 Å². The monoisotopic (exact) mass is 121 g/mol. The fourth-order valence-corrected chi connectivity index (χ4v) is 0.608. The minimum absolute atomic E-state index is 0.602. The molecule has 1 radical (unpaired) electrons.